The summed E-state index contributed by atoms with van der Waals surface area (Å²) in [5, 5.41) is 3.30. The second kappa shape index (κ2) is 5.92. The number of benzene rings is 1. The number of carbonyl (C=O) groups excluding carboxylic acids is 3. The van der Waals surface area contributed by atoms with Crippen molar-refractivity contribution < 1.29 is 14.4 Å². The molecule has 1 aromatic rings. The van der Waals surface area contributed by atoms with E-state index < -0.39 is 0 Å². The van der Waals surface area contributed by atoms with Gasteiger partial charge in [-0.15, -0.1) is 0 Å². The maximum Gasteiger partial charge on any atom is 0.244 e. The van der Waals surface area contributed by atoms with Gasteiger partial charge in [-0.05, 0) is 70.6 Å². The van der Waals surface area contributed by atoms with E-state index in [0.717, 1.165) is 21.4 Å². The summed E-state index contributed by atoms with van der Waals surface area (Å²) in [6.45, 7) is 1.56. The number of halogens is 2. The molecule has 0 aromatic heterocycles. The normalized spacial score (nSPS) is 35.3. The summed E-state index contributed by atoms with van der Waals surface area (Å²) in [7, 11) is 0. The van der Waals surface area contributed by atoms with Crippen molar-refractivity contribution in [1.29, 1.82) is 0 Å². The molecule has 1 aromatic carbocycles. The van der Waals surface area contributed by atoms with Gasteiger partial charge in [0.15, 0.2) is 0 Å². The quantitative estimate of drug-likeness (QED) is 0.568. The standard InChI is InChI=1S/C20H18BrClN2O3/c1-8-14(5-4-13(21)18(8)22)23-15(25)7-24-19(26)16-9-2-3-10(12-6-11(9)12)17(16)20(24)27/h2-5,9-12,16-17H,6-7H2,1H3,(H,23,25)/t9-,10-,11-,12+,16+,17+/m0/s1. The van der Waals surface area contributed by atoms with E-state index in [2.05, 4.69) is 33.4 Å². The number of likely N-dealkylation sites (tertiary alicyclic amines) is 1. The van der Waals surface area contributed by atoms with E-state index in [4.69, 9.17) is 11.6 Å². The predicted molar refractivity (Wildman–Crippen MR) is 104 cm³/mol. The maximum atomic E-state index is 12.9. The van der Waals surface area contributed by atoms with Gasteiger partial charge in [0.05, 0.1) is 16.9 Å². The van der Waals surface area contributed by atoms with E-state index in [0.29, 0.717) is 22.5 Å². The summed E-state index contributed by atoms with van der Waals surface area (Å²) in [4.78, 5) is 39.5. The molecule has 0 spiro atoms. The molecule has 140 valence electrons. The Kier molecular flexibility index (Phi) is 3.82. The topological polar surface area (TPSA) is 66.5 Å². The number of hydrogen-bond acceptors (Lipinski definition) is 3. The third kappa shape index (κ3) is 2.46. The zero-order chi connectivity index (χ0) is 19.0. The number of imide groups is 1. The van der Waals surface area contributed by atoms with Crippen molar-refractivity contribution in [1.82, 2.24) is 4.90 Å². The number of anilines is 1. The van der Waals surface area contributed by atoms with Gasteiger partial charge in [-0.25, -0.2) is 0 Å². The van der Waals surface area contributed by atoms with Crippen LogP contribution in [0.15, 0.2) is 28.8 Å². The minimum absolute atomic E-state index is 0.169. The molecule has 3 fully saturated rings. The highest BCUT2D eigenvalue weighted by Gasteiger charge is 2.67. The SMILES string of the molecule is Cc1c(NC(=O)CN2C(=O)[C@@H]3[C@H]4C=C[C@@H]([C@@H]5C[C@H]45)[C@H]3C2=O)ccc(Br)c1Cl. The van der Waals surface area contributed by atoms with Gasteiger partial charge in [-0.1, -0.05) is 23.8 Å². The summed E-state index contributed by atoms with van der Waals surface area (Å²) >= 11 is 9.54. The van der Waals surface area contributed by atoms with E-state index >= 15 is 0 Å². The molecule has 2 saturated carbocycles. The zero-order valence-electron chi connectivity index (χ0n) is 14.6. The van der Waals surface area contributed by atoms with Crippen LogP contribution >= 0.6 is 27.5 Å². The molecule has 6 atom stereocenters. The van der Waals surface area contributed by atoms with Crippen LogP contribution in [0, 0.1) is 42.4 Å². The molecule has 2 bridgehead atoms. The molecule has 0 radical (unpaired) electrons. The van der Waals surface area contributed by atoms with Crippen LogP contribution in [0.25, 0.3) is 0 Å². The molecule has 1 heterocycles. The van der Waals surface area contributed by atoms with E-state index in [9.17, 15) is 14.4 Å². The highest BCUT2D eigenvalue weighted by molar-refractivity contribution is 9.10. The first-order valence-corrected chi connectivity index (χ1v) is 10.3. The van der Waals surface area contributed by atoms with Crippen LogP contribution in [-0.4, -0.2) is 29.2 Å². The van der Waals surface area contributed by atoms with Crippen LogP contribution in [-0.2, 0) is 14.4 Å². The average molecular weight is 450 g/mol. The van der Waals surface area contributed by atoms with E-state index in [1.807, 2.05) is 0 Å². The Bertz CT molecular complexity index is 894. The van der Waals surface area contributed by atoms with Crippen LogP contribution in [0.2, 0.25) is 5.02 Å². The second-order valence-electron chi connectivity index (χ2n) is 8.00. The van der Waals surface area contributed by atoms with E-state index in [1.54, 1.807) is 19.1 Å². The highest BCUT2D eigenvalue weighted by Crippen LogP contribution is 2.65. The van der Waals surface area contributed by atoms with Gasteiger partial charge in [-0.3, -0.25) is 19.3 Å². The molecule has 6 rings (SSSR count). The van der Waals surface area contributed by atoms with Crippen LogP contribution in [0.4, 0.5) is 5.69 Å². The molecule has 4 aliphatic carbocycles. The lowest BCUT2D eigenvalue weighted by molar-refractivity contribution is -0.142. The van der Waals surface area contributed by atoms with Gasteiger partial charge in [0.2, 0.25) is 17.7 Å². The summed E-state index contributed by atoms with van der Waals surface area (Å²) in [5.74, 6) is 0.150. The van der Waals surface area contributed by atoms with Crippen molar-refractivity contribution in [2.45, 2.75) is 13.3 Å². The fourth-order valence-electron chi connectivity index (χ4n) is 5.30. The Morgan fingerprint density at radius 1 is 1.19 bits per heavy atom. The molecule has 5 aliphatic rings. The highest BCUT2D eigenvalue weighted by atomic mass is 79.9. The fourth-order valence-corrected chi connectivity index (χ4v) is 5.89. The molecule has 1 saturated heterocycles. The monoisotopic (exact) mass is 448 g/mol. The van der Waals surface area contributed by atoms with Gasteiger partial charge in [0.25, 0.3) is 0 Å². The van der Waals surface area contributed by atoms with Crippen LogP contribution in [0.5, 0.6) is 0 Å². The summed E-state index contributed by atoms with van der Waals surface area (Å²) in [5.41, 5.74) is 1.31. The molecular formula is C20H18BrClN2O3. The van der Waals surface area contributed by atoms with Crippen molar-refractivity contribution in [2.75, 3.05) is 11.9 Å². The lowest BCUT2D eigenvalue weighted by Crippen LogP contribution is -2.40. The Labute approximate surface area is 170 Å². The summed E-state index contributed by atoms with van der Waals surface area (Å²) in [6, 6.07) is 3.50. The van der Waals surface area contributed by atoms with Gasteiger partial charge in [0, 0.05) is 10.2 Å². The average Bonchev–Trinajstić information content (AvgIpc) is 3.43. The smallest absolute Gasteiger partial charge is 0.244 e. The Morgan fingerprint density at radius 3 is 2.37 bits per heavy atom. The number of amides is 3. The van der Waals surface area contributed by atoms with Gasteiger partial charge >= 0.3 is 0 Å². The number of nitrogens with zero attached hydrogens (tertiary/aromatic N) is 1. The van der Waals surface area contributed by atoms with E-state index in [-0.39, 0.29) is 47.9 Å². The van der Waals surface area contributed by atoms with Gasteiger partial charge in [0.1, 0.15) is 6.54 Å². The van der Waals surface area contributed by atoms with Gasteiger partial charge < -0.3 is 5.32 Å². The molecule has 1 N–H and O–H groups in total. The third-order valence-electron chi connectivity index (χ3n) is 6.67. The first-order chi connectivity index (χ1) is 12.9. The zero-order valence-corrected chi connectivity index (χ0v) is 17.0. The van der Waals surface area contributed by atoms with Gasteiger partial charge in [-0.2, -0.15) is 0 Å². The number of allylic oxidation sites excluding steroid dienone is 2. The van der Waals surface area contributed by atoms with Crippen LogP contribution in [0.1, 0.15) is 12.0 Å². The Balaban J connectivity index is 1.33. The number of nitrogens with one attached hydrogen (secondary N) is 1. The number of rotatable bonds is 3. The Hall–Kier alpha value is -1.66. The minimum atomic E-state index is -0.387. The molecule has 3 amide bonds. The molecule has 5 nitrogen and oxygen atoms in total. The van der Waals surface area contributed by atoms with Crippen molar-refractivity contribution >= 4 is 50.9 Å². The minimum Gasteiger partial charge on any atom is -0.324 e. The maximum absolute atomic E-state index is 12.9. The predicted octanol–water partition coefficient (Wildman–Crippen LogP) is 3.40. The Morgan fingerprint density at radius 2 is 1.78 bits per heavy atom. The fraction of sp³-hybridized carbons (Fsp3) is 0.450. The van der Waals surface area contributed by atoms with Crippen molar-refractivity contribution in [3.8, 4) is 0 Å². The first-order valence-electron chi connectivity index (χ1n) is 9.16. The number of carbonyl (C=O) groups is 3. The van der Waals surface area contributed by atoms with Crippen LogP contribution in [0.3, 0.4) is 0 Å². The first kappa shape index (κ1) is 17.4. The molecule has 27 heavy (non-hydrogen) atoms. The van der Waals surface area contributed by atoms with Crippen molar-refractivity contribution in [3.63, 3.8) is 0 Å². The molecule has 1 aliphatic heterocycles. The lowest BCUT2D eigenvalue weighted by Gasteiger charge is -2.37. The van der Waals surface area contributed by atoms with Crippen LogP contribution < -0.4 is 5.32 Å². The lowest BCUT2D eigenvalue weighted by atomic mass is 9.63. The molecule has 7 heteroatoms. The second-order valence-corrected chi connectivity index (χ2v) is 9.23. The summed E-state index contributed by atoms with van der Waals surface area (Å²) < 4.78 is 0.746. The van der Waals surface area contributed by atoms with E-state index in [1.165, 1.54) is 0 Å². The van der Waals surface area contributed by atoms with Crippen molar-refractivity contribution in [2.24, 2.45) is 35.5 Å². The van der Waals surface area contributed by atoms with Crippen molar-refractivity contribution in [3.05, 3.63) is 39.3 Å². The summed E-state index contributed by atoms with van der Waals surface area (Å²) in [6.07, 6.45) is 5.38. The number of hydrogen-bond donors (Lipinski definition) is 1. The molecular weight excluding hydrogens is 432 g/mol. The third-order valence-corrected chi connectivity index (χ3v) is 8.05. The largest absolute Gasteiger partial charge is 0.324 e. The molecule has 0 unspecified atom stereocenters.